The SMILES string of the molecule is COc1ccc(CNC(=O)N[C@H](CN2CC[C@H](O)C2)[C@H](O)c2ccc(OCCCCF)cc2)cc1. The number of hydrogen-bond donors (Lipinski definition) is 4. The van der Waals surface area contributed by atoms with Gasteiger partial charge in [0.15, 0.2) is 0 Å². The van der Waals surface area contributed by atoms with E-state index in [1.54, 1.807) is 31.4 Å². The van der Waals surface area contributed by atoms with E-state index in [1.807, 2.05) is 29.2 Å². The molecule has 2 aromatic rings. The fourth-order valence-electron chi connectivity index (χ4n) is 4.01. The molecule has 0 unspecified atom stereocenters. The molecule has 9 heteroatoms. The summed E-state index contributed by atoms with van der Waals surface area (Å²) in [7, 11) is 1.60. The maximum Gasteiger partial charge on any atom is 0.315 e. The van der Waals surface area contributed by atoms with Gasteiger partial charge < -0.3 is 30.3 Å². The van der Waals surface area contributed by atoms with Gasteiger partial charge >= 0.3 is 6.03 Å². The number of alkyl halides is 1. The van der Waals surface area contributed by atoms with Crippen LogP contribution in [0.5, 0.6) is 11.5 Å². The minimum atomic E-state index is -0.958. The lowest BCUT2D eigenvalue weighted by Crippen LogP contribution is -2.50. The number of ether oxygens (including phenoxy) is 2. The Kier molecular flexibility index (Phi) is 10.6. The van der Waals surface area contributed by atoms with Gasteiger partial charge in [-0.25, -0.2) is 4.79 Å². The lowest BCUT2D eigenvalue weighted by molar-refractivity contribution is 0.104. The molecule has 1 saturated heterocycles. The molecule has 1 fully saturated rings. The highest BCUT2D eigenvalue weighted by Gasteiger charge is 2.29. The second-order valence-corrected chi connectivity index (χ2v) is 8.74. The molecule has 1 aliphatic heterocycles. The van der Waals surface area contributed by atoms with E-state index in [0.717, 1.165) is 11.3 Å². The van der Waals surface area contributed by atoms with Crippen LogP contribution in [0.3, 0.4) is 0 Å². The molecule has 3 atom stereocenters. The van der Waals surface area contributed by atoms with Crippen LogP contribution in [0.2, 0.25) is 0 Å². The number of urea groups is 1. The summed E-state index contributed by atoms with van der Waals surface area (Å²) >= 11 is 0. The van der Waals surface area contributed by atoms with Crippen molar-refractivity contribution in [3.05, 3.63) is 59.7 Å². The Morgan fingerprint density at radius 3 is 2.49 bits per heavy atom. The van der Waals surface area contributed by atoms with E-state index in [2.05, 4.69) is 10.6 Å². The van der Waals surface area contributed by atoms with Gasteiger partial charge in [-0.1, -0.05) is 24.3 Å². The number of nitrogens with one attached hydrogen (secondary N) is 2. The number of unbranched alkanes of at least 4 members (excludes halogenated alkanes) is 1. The van der Waals surface area contributed by atoms with Crippen LogP contribution in [0.1, 0.15) is 36.5 Å². The highest BCUT2D eigenvalue weighted by atomic mass is 19.1. The van der Waals surface area contributed by atoms with Crippen molar-refractivity contribution in [3.8, 4) is 11.5 Å². The molecule has 2 amide bonds. The summed E-state index contributed by atoms with van der Waals surface area (Å²) in [4.78, 5) is 14.7. The zero-order chi connectivity index (χ0) is 25.0. The molecule has 3 rings (SSSR count). The average molecular weight is 490 g/mol. The molecule has 0 aliphatic carbocycles. The number of hydrogen-bond acceptors (Lipinski definition) is 6. The quantitative estimate of drug-likeness (QED) is 0.323. The van der Waals surface area contributed by atoms with Gasteiger partial charge in [-0.3, -0.25) is 9.29 Å². The number of carbonyl (C=O) groups excluding carboxylic acids is 1. The fourth-order valence-corrected chi connectivity index (χ4v) is 4.01. The summed E-state index contributed by atoms with van der Waals surface area (Å²) in [5.41, 5.74) is 1.56. The third-order valence-electron chi connectivity index (χ3n) is 6.03. The Balaban J connectivity index is 1.60. The minimum Gasteiger partial charge on any atom is -0.497 e. The molecule has 0 spiro atoms. The molecule has 1 aliphatic rings. The molecule has 8 nitrogen and oxygen atoms in total. The number of aliphatic hydroxyl groups excluding tert-OH is 2. The molecular formula is C26H36FN3O5. The van der Waals surface area contributed by atoms with Gasteiger partial charge in [-0.2, -0.15) is 0 Å². The molecule has 4 N–H and O–H groups in total. The Hall–Kier alpha value is -2.88. The maximum atomic E-state index is 12.7. The average Bonchev–Trinajstić information content (AvgIpc) is 3.29. The minimum absolute atomic E-state index is 0.329. The van der Waals surface area contributed by atoms with Crippen LogP contribution in [-0.2, 0) is 6.54 Å². The Labute approximate surface area is 206 Å². The molecule has 0 radical (unpaired) electrons. The summed E-state index contributed by atoms with van der Waals surface area (Å²) < 4.78 is 23.0. The molecule has 0 saturated carbocycles. The van der Waals surface area contributed by atoms with Crippen LogP contribution >= 0.6 is 0 Å². The lowest BCUT2D eigenvalue weighted by atomic mass is 10.0. The normalized spacial score (nSPS) is 17.5. The second kappa shape index (κ2) is 13.9. The highest BCUT2D eigenvalue weighted by Crippen LogP contribution is 2.22. The van der Waals surface area contributed by atoms with Gasteiger partial charge in [0.2, 0.25) is 0 Å². The molecule has 0 aromatic heterocycles. The first-order chi connectivity index (χ1) is 17.0. The van der Waals surface area contributed by atoms with E-state index in [0.29, 0.717) is 63.4 Å². The smallest absolute Gasteiger partial charge is 0.315 e. The van der Waals surface area contributed by atoms with Crippen molar-refractivity contribution < 1.29 is 28.9 Å². The van der Waals surface area contributed by atoms with Gasteiger partial charge in [-0.15, -0.1) is 0 Å². The van der Waals surface area contributed by atoms with E-state index >= 15 is 0 Å². The number of benzene rings is 2. The number of likely N-dealkylation sites (tertiary alicyclic amines) is 1. The number of carbonyl (C=O) groups is 1. The molecule has 35 heavy (non-hydrogen) atoms. The van der Waals surface area contributed by atoms with Crippen molar-refractivity contribution in [2.75, 3.05) is 40.0 Å². The van der Waals surface area contributed by atoms with Crippen LogP contribution in [0.4, 0.5) is 9.18 Å². The molecule has 192 valence electrons. The largest absolute Gasteiger partial charge is 0.497 e. The van der Waals surface area contributed by atoms with E-state index in [9.17, 15) is 19.4 Å². The van der Waals surface area contributed by atoms with Crippen molar-refractivity contribution >= 4 is 6.03 Å². The molecular weight excluding hydrogens is 453 g/mol. The molecule has 1 heterocycles. The maximum absolute atomic E-state index is 12.7. The first-order valence-corrected chi connectivity index (χ1v) is 12.0. The number of nitrogens with zero attached hydrogens (tertiary/aromatic N) is 1. The number of β-amino-alcohol motifs (C(OH)–C–C–N with tert-alkyl or cyclic N) is 1. The first kappa shape index (κ1) is 26.7. The summed E-state index contributed by atoms with van der Waals surface area (Å²) in [5, 5.41) is 26.7. The Morgan fingerprint density at radius 1 is 1.14 bits per heavy atom. The zero-order valence-electron chi connectivity index (χ0n) is 20.2. The topological polar surface area (TPSA) is 103 Å². The van der Waals surface area contributed by atoms with Crippen molar-refractivity contribution in [3.63, 3.8) is 0 Å². The van der Waals surface area contributed by atoms with E-state index in [4.69, 9.17) is 9.47 Å². The van der Waals surface area contributed by atoms with Crippen LogP contribution in [0.15, 0.2) is 48.5 Å². The number of amides is 2. The van der Waals surface area contributed by atoms with E-state index in [1.165, 1.54) is 0 Å². The van der Waals surface area contributed by atoms with E-state index in [-0.39, 0.29) is 6.67 Å². The van der Waals surface area contributed by atoms with Crippen molar-refractivity contribution in [1.29, 1.82) is 0 Å². The van der Waals surface area contributed by atoms with E-state index < -0.39 is 24.3 Å². The van der Waals surface area contributed by atoms with Gasteiger partial charge in [0.05, 0.1) is 32.5 Å². The number of aliphatic hydroxyl groups is 2. The van der Waals surface area contributed by atoms with Gasteiger partial charge in [0.25, 0.3) is 0 Å². The number of methoxy groups -OCH3 is 1. The second-order valence-electron chi connectivity index (χ2n) is 8.74. The molecule has 2 aromatic carbocycles. The standard InChI is InChI=1S/C26H36FN3O5/c1-34-22-8-4-19(5-9-22)16-28-26(33)29-24(18-30-14-12-21(31)17-30)25(32)20-6-10-23(11-7-20)35-15-3-2-13-27/h4-11,21,24-25,31-32H,2-3,12-18H2,1H3,(H2,28,29,33)/t21-,24+,25+/m0/s1. The van der Waals surface area contributed by atoms with Crippen molar-refractivity contribution in [1.82, 2.24) is 15.5 Å². The summed E-state index contributed by atoms with van der Waals surface area (Å²) in [6, 6.07) is 13.5. The van der Waals surface area contributed by atoms with Crippen molar-refractivity contribution in [2.24, 2.45) is 0 Å². The summed E-state index contributed by atoms with van der Waals surface area (Å²) in [6.45, 7) is 2.01. The molecule has 0 bridgehead atoms. The van der Waals surface area contributed by atoms with Crippen LogP contribution in [-0.4, -0.2) is 73.3 Å². The third kappa shape index (κ3) is 8.69. The Bertz CT molecular complexity index is 897. The third-order valence-corrected chi connectivity index (χ3v) is 6.03. The van der Waals surface area contributed by atoms with Crippen LogP contribution in [0, 0.1) is 0 Å². The number of rotatable bonds is 13. The predicted molar refractivity (Wildman–Crippen MR) is 131 cm³/mol. The lowest BCUT2D eigenvalue weighted by Gasteiger charge is -2.29. The van der Waals surface area contributed by atoms with Gasteiger partial charge in [0, 0.05) is 26.2 Å². The summed E-state index contributed by atoms with van der Waals surface area (Å²) in [5.74, 6) is 1.38. The first-order valence-electron chi connectivity index (χ1n) is 12.0. The van der Waals surface area contributed by atoms with Crippen LogP contribution in [0.25, 0.3) is 0 Å². The monoisotopic (exact) mass is 489 g/mol. The fraction of sp³-hybridized carbons (Fsp3) is 0.500. The van der Waals surface area contributed by atoms with Crippen molar-refractivity contribution in [2.45, 2.75) is 44.1 Å². The van der Waals surface area contributed by atoms with Gasteiger partial charge in [-0.05, 0) is 54.7 Å². The van der Waals surface area contributed by atoms with Crippen LogP contribution < -0.4 is 20.1 Å². The number of halogens is 1. The van der Waals surface area contributed by atoms with Gasteiger partial charge in [0.1, 0.15) is 17.6 Å². The zero-order valence-corrected chi connectivity index (χ0v) is 20.2. The Morgan fingerprint density at radius 2 is 1.86 bits per heavy atom. The highest BCUT2D eigenvalue weighted by molar-refractivity contribution is 5.74. The predicted octanol–water partition coefficient (Wildman–Crippen LogP) is 2.79. The summed E-state index contributed by atoms with van der Waals surface area (Å²) in [6.07, 6.45) is 0.419.